The Morgan fingerprint density at radius 2 is 0.983 bits per heavy atom. The maximum Gasteiger partial charge on any atom is 0.408 e. The van der Waals surface area contributed by atoms with E-state index in [0.29, 0.717) is 16.8 Å². The number of phenols is 1. The number of phenolic OH excluding ortho intramolecular Hbond substituents is 1. The van der Waals surface area contributed by atoms with E-state index in [1.165, 1.54) is 88.2 Å². The highest BCUT2D eigenvalue weighted by molar-refractivity contribution is 7.62. The zero-order valence-electron chi connectivity index (χ0n) is 38.0. The van der Waals surface area contributed by atoms with Gasteiger partial charge in [-0.3, -0.25) is 0 Å². The van der Waals surface area contributed by atoms with Crippen LogP contribution < -0.4 is 9.83 Å². The van der Waals surface area contributed by atoms with Gasteiger partial charge in [0.05, 0.1) is 5.30 Å². The molecule has 4 nitrogen and oxygen atoms in total. The van der Waals surface area contributed by atoms with Crippen molar-refractivity contribution in [3.05, 3.63) is 112 Å². The first-order chi connectivity index (χ1) is 27.4. The average Bonchev–Trinajstić information content (AvgIpc) is 3.16. The Labute approximate surface area is 353 Å². The van der Waals surface area contributed by atoms with Gasteiger partial charge in [-0.2, -0.15) is 0 Å². The molecule has 0 saturated heterocycles. The van der Waals surface area contributed by atoms with Crippen molar-refractivity contribution in [3.8, 4) is 22.6 Å². The largest absolute Gasteiger partial charge is 0.508 e. The van der Waals surface area contributed by atoms with Crippen LogP contribution in [0, 0.1) is 0 Å². The van der Waals surface area contributed by atoms with Crippen LogP contribution in [0.5, 0.6) is 11.5 Å². The van der Waals surface area contributed by atoms with Gasteiger partial charge in [0.1, 0.15) is 11.5 Å². The molecule has 0 amide bonds. The van der Waals surface area contributed by atoms with Crippen LogP contribution in [0.25, 0.3) is 11.1 Å². The number of rotatable bonds is 22. The molecule has 0 aliphatic carbocycles. The lowest BCUT2D eigenvalue weighted by Crippen LogP contribution is -2.23. The molecule has 0 heterocycles. The monoisotopic (exact) mass is 809 g/mol. The zero-order valence-corrected chi connectivity index (χ0v) is 38.9. The third-order valence-electron chi connectivity index (χ3n) is 12.0. The number of benzene rings is 4. The maximum atomic E-state index is 14.5. The van der Waals surface area contributed by atoms with E-state index < -0.39 is 7.60 Å². The van der Waals surface area contributed by atoms with E-state index >= 15 is 0 Å². The summed E-state index contributed by atoms with van der Waals surface area (Å²) in [7, 11) is -4.31. The van der Waals surface area contributed by atoms with Crippen LogP contribution >= 0.6 is 7.60 Å². The van der Waals surface area contributed by atoms with Gasteiger partial charge in [-0.15, -0.1) is 0 Å². The van der Waals surface area contributed by atoms with Crippen LogP contribution in [-0.2, 0) is 33.7 Å². The van der Waals surface area contributed by atoms with Gasteiger partial charge in [-0.05, 0) is 105 Å². The van der Waals surface area contributed by atoms with Gasteiger partial charge in [0.15, 0.2) is 0 Å². The number of aromatic hydroxyl groups is 1. The quantitative estimate of drug-likeness (QED) is 0.0613. The summed E-state index contributed by atoms with van der Waals surface area (Å²) < 4.78 is 20.6. The Hall–Kier alpha value is -3.33. The second kappa shape index (κ2) is 21.3. The Morgan fingerprint density at radius 1 is 0.517 bits per heavy atom. The third-order valence-corrected chi connectivity index (χ3v) is 13.5. The minimum absolute atomic E-state index is 0.206. The molecule has 4 rings (SSSR count). The summed E-state index contributed by atoms with van der Waals surface area (Å²) in [6.07, 6.45) is 19.5. The number of hydrogen-bond donors (Lipinski definition) is 2. The van der Waals surface area contributed by atoms with Crippen molar-refractivity contribution in [2.24, 2.45) is 0 Å². The summed E-state index contributed by atoms with van der Waals surface area (Å²) in [5.41, 5.74) is 7.57. The molecule has 1 atom stereocenters. The van der Waals surface area contributed by atoms with E-state index in [4.69, 9.17) is 4.52 Å². The standard InChI is InChI=1S/C53H77O4P/c1-11-13-15-17-19-21-23-25-40-27-32-44(33-28-40)57-58(55,56)50-36-29-41(26-24-22-20-18-16-14-12-2)37-46(50)45-34-30-42(38-47(45)51(3,4)5)53(9,10)43-31-35-49(54)48(39-43)52(6,7)8/h27-39,54H,11-26H2,1-10H3,(H,55,56). The van der Waals surface area contributed by atoms with Gasteiger partial charge in [0.2, 0.25) is 0 Å². The fourth-order valence-electron chi connectivity index (χ4n) is 8.16. The molecule has 0 radical (unpaired) electrons. The smallest absolute Gasteiger partial charge is 0.408 e. The molecule has 0 aliphatic rings. The molecule has 0 aromatic heterocycles. The molecule has 0 saturated carbocycles. The van der Waals surface area contributed by atoms with E-state index in [1.807, 2.05) is 48.5 Å². The minimum Gasteiger partial charge on any atom is -0.508 e. The summed E-state index contributed by atoms with van der Waals surface area (Å²) in [6.45, 7) is 22.0. The number of unbranched alkanes of at least 4 members (excludes halogenated alkanes) is 12. The third kappa shape index (κ3) is 13.3. The molecule has 58 heavy (non-hydrogen) atoms. The molecule has 4 aromatic carbocycles. The Kier molecular flexibility index (Phi) is 17.4. The highest BCUT2D eigenvalue weighted by atomic mass is 31.2. The van der Waals surface area contributed by atoms with E-state index in [9.17, 15) is 14.6 Å². The van der Waals surface area contributed by atoms with Crippen molar-refractivity contribution < 1.29 is 19.1 Å². The van der Waals surface area contributed by atoms with Gasteiger partial charge in [0, 0.05) is 5.41 Å². The predicted molar refractivity (Wildman–Crippen MR) is 249 cm³/mol. The second-order valence-electron chi connectivity index (χ2n) is 19.5. The Bertz CT molecular complexity index is 1930. The maximum absolute atomic E-state index is 14.5. The molecule has 0 bridgehead atoms. The molecule has 2 N–H and O–H groups in total. The first-order valence-corrected chi connectivity index (χ1v) is 24.2. The highest BCUT2D eigenvalue weighted by Gasteiger charge is 2.33. The molecular formula is C53H77O4P. The molecule has 1 unspecified atom stereocenters. The molecule has 0 fully saturated rings. The van der Waals surface area contributed by atoms with Crippen LogP contribution in [0.3, 0.4) is 0 Å². The summed E-state index contributed by atoms with van der Waals surface area (Å²) in [5.74, 6) is 0.723. The van der Waals surface area contributed by atoms with Crippen molar-refractivity contribution in [3.63, 3.8) is 0 Å². The van der Waals surface area contributed by atoms with Gasteiger partial charge in [-0.1, -0.05) is 201 Å². The Balaban J connectivity index is 1.70. The predicted octanol–water partition coefficient (Wildman–Crippen LogP) is 15.5. The zero-order chi connectivity index (χ0) is 42.6. The summed E-state index contributed by atoms with van der Waals surface area (Å²) in [6, 6.07) is 26.4. The van der Waals surface area contributed by atoms with E-state index in [2.05, 4.69) is 99.6 Å². The van der Waals surface area contributed by atoms with E-state index in [1.54, 1.807) is 0 Å². The SMILES string of the molecule is CCCCCCCCCc1ccc(OP(=O)(O)c2ccc(CCCCCCCCC)cc2-c2ccc(C(C)(C)c3ccc(O)c(C(C)(C)C)c3)cc2C(C)(C)C)cc1. The van der Waals surface area contributed by atoms with Crippen LogP contribution in [0.15, 0.2) is 78.9 Å². The Morgan fingerprint density at radius 3 is 1.52 bits per heavy atom. The second-order valence-corrected chi connectivity index (χ2v) is 21.2. The van der Waals surface area contributed by atoms with Crippen molar-refractivity contribution in [2.45, 2.75) is 188 Å². The lowest BCUT2D eigenvalue weighted by atomic mass is 9.72. The van der Waals surface area contributed by atoms with Gasteiger partial charge in [-0.25, -0.2) is 4.57 Å². The van der Waals surface area contributed by atoms with Gasteiger partial charge in [0.25, 0.3) is 0 Å². The molecule has 0 spiro atoms. The van der Waals surface area contributed by atoms with E-state index in [-0.39, 0.29) is 16.2 Å². The topological polar surface area (TPSA) is 66.8 Å². The fourth-order valence-corrected chi connectivity index (χ4v) is 9.42. The van der Waals surface area contributed by atoms with Crippen LogP contribution in [0.2, 0.25) is 0 Å². The lowest BCUT2D eigenvalue weighted by Gasteiger charge is -2.32. The van der Waals surface area contributed by atoms with Crippen LogP contribution in [0.4, 0.5) is 0 Å². The fraction of sp³-hybridized carbons (Fsp3) is 0.547. The molecule has 0 aliphatic heterocycles. The number of aryl methyl sites for hydroxylation is 2. The summed E-state index contributed by atoms with van der Waals surface area (Å²) >= 11 is 0. The van der Waals surface area contributed by atoms with Gasteiger partial charge < -0.3 is 14.5 Å². The number of hydrogen-bond acceptors (Lipinski definition) is 3. The molecule has 318 valence electrons. The highest BCUT2D eigenvalue weighted by Crippen LogP contribution is 2.47. The van der Waals surface area contributed by atoms with Crippen LogP contribution in [0.1, 0.15) is 193 Å². The van der Waals surface area contributed by atoms with Crippen molar-refractivity contribution in [2.75, 3.05) is 0 Å². The van der Waals surface area contributed by atoms with Crippen LogP contribution in [-0.4, -0.2) is 10.00 Å². The first kappa shape index (κ1) is 47.3. The van der Waals surface area contributed by atoms with Crippen molar-refractivity contribution in [1.82, 2.24) is 0 Å². The summed E-state index contributed by atoms with van der Waals surface area (Å²) in [5, 5.41) is 11.1. The van der Waals surface area contributed by atoms with Crippen molar-refractivity contribution in [1.29, 1.82) is 0 Å². The molecule has 5 heteroatoms. The minimum atomic E-state index is -4.31. The van der Waals surface area contributed by atoms with Gasteiger partial charge >= 0.3 is 7.60 Å². The molecular weight excluding hydrogens is 732 g/mol. The first-order valence-electron chi connectivity index (χ1n) is 22.6. The molecule has 4 aromatic rings. The van der Waals surface area contributed by atoms with E-state index in [0.717, 1.165) is 59.1 Å². The lowest BCUT2D eigenvalue weighted by molar-refractivity contribution is 0.393. The van der Waals surface area contributed by atoms with Crippen molar-refractivity contribution >= 4 is 12.9 Å². The summed E-state index contributed by atoms with van der Waals surface area (Å²) in [4.78, 5) is 11.9. The normalized spacial score (nSPS) is 13.4. The average molecular weight is 809 g/mol.